The predicted octanol–water partition coefficient (Wildman–Crippen LogP) is 1.45. The van der Waals surface area contributed by atoms with Gasteiger partial charge >= 0.3 is 0 Å². The summed E-state index contributed by atoms with van der Waals surface area (Å²) in [6.07, 6.45) is 1.32. The smallest absolute Gasteiger partial charge is 0.282 e. The van der Waals surface area contributed by atoms with Crippen LogP contribution < -0.4 is 26.4 Å². The van der Waals surface area contributed by atoms with Gasteiger partial charge in [0.1, 0.15) is 11.5 Å². The molecule has 0 bridgehead atoms. The highest BCUT2D eigenvalue weighted by atomic mass is 19.3. The molecule has 5 heterocycles. The summed E-state index contributed by atoms with van der Waals surface area (Å²) in [6, 6.07) is 6.89. The second-order valence-electron chi connectivity index (χ2n) is 9.56. The summed E-state index contributed by atoms with van der Waals surface area (Å²) in [5.41, 5.74) is 6.57. The van der Waals surface area contributed by atoms with Crippen molar-refractivity contribution in [3.63, 3.8) is 0 Å². The number of aryl methyl sites for hydroxylation is 1. The highest BCUT2D eigenvalue weighted by molar-refractivity contribution is 5.88. The van der Waals surface area contributed by atoms with E-state index in [9.17, 15) is 13.6 Å². The summed E-state index contributed by atoms with van der Waals surface area (Å²) in [7, 11) is 1.51. The van der Waals surface area contributed by atoms with Crippen LogP contribution in [-0.2, 0) is 16.1 Å². The third kappa shape index (κ3) is 5.42. The van der Waals surface area contributed by atoms with Gasteiger partial charge in [0.15, 0.2) is 11.4 Å². The molecule has 0 radical (unpaired) electrons. The van der Waals surface area contributed by atoms with Crippen LogP contribution in [0.15, 0.2) is 36.7 Å². The standard InChI is InChI=1S/C24H30F2N10O2/c1-14-8-18(30-19-9-15(2)32-33-19)31-23(29-14)35-12-24(13-35,38-3)22(37)28-11-16-4-5-20(27-10-16)36-7-6-17(34-36)21(25)26/h4-8,10,15,19,21,32-33H,9,11-13H2,1-3H3,(H,28,37)(H,29,30,31). The van der Waals surface area contributed by atoms with E-state index in [-0.39, 0.29) is 24.3 Å². The van der Waals surface area contributed by atoms with Gasteiger partial charge in [0.2, 0.25) is 5.95 Å². The van der Waals surface area contributed by atoms with Crippen LogP contribution in [0.25, 0.3) is 5.82 Å². The Morgan fingerprint density at radius 1 is 1.26 bits per heavy atom. The maximum Gasteiger partial charge on any atom is 0.282 e. The Bertz CT molecular complexity index is 1280. The Labute approximate surface area is 218 Å². The van der Waals surface area contributed by atoms with E-state index in [0.29, 0.717) is 36.7 Å². The lowest BCUT2D eigenvalue weighted by atomic mass is 9.93. The number of halogens is 2. The quantitative estimate of drug-likeness (QED) is 0.323. The molecule has 38 heavy (non-hydrogen) atoms. The number of pyridine rings is 1. The van der Waals surface area contributed by atoms with Gasteiger partial charge < -0.3 is 20.3 Å². The number of amides is 1. The SMILES string of the molecule is COC1(C(=O)NCc2ccc(-n3ccc(C(F)F)n3)nc2)CN(c2nc(C)cc(NC3CC(C)NN3)n2)C1. The van der Waals surface area contributed by atoms with Crippen LogP contribution in [0.1, 0.15) is 36.7 Å². The minimum absolute atomic E-state index is 0.0607. The second kappa shape index (κ2) is 10.6. The first-order chi connectivity index (χ1) is 18.2. The Morgan fingerprint density at radius 3 is 2.71 bits per heavy atom. The zero-order valence-corrected chi connectivity index (χ0v) is 21.3. The second-order valence-corrected chi connectivity index (χ2v) is 9.56. The molecule has 5 rings (SSSR count). The van der Waals surface area contributed by atoms with E-state index in [1.54, 1.807) is 18.3 Å². The Kier molecular flexibility index (Phi) is 7.19. The summed E-state index contributed by atoms with van der Waals surface area (Å²) in [5, 5.41) is 10.1. The zero-order chi connectivity index (χ0) is 26.9. The van der Waals surface area contributed by atoms with Gasteiger partial charge in [-0.15, -0.1) is 0 Å². The lowest BCUT2D eigenvalue weighted by Crippen LogP contribution is -2.70. The van der Waals surface area contributed by atoms with Gasteiger partial charge in [-0.3, -0.25) is 10.2 Å². The highest BCUT2D eigenvalue weighted by Crippen LogP contribution is 2.29. The van der Waals surface area contributed by atoms with Crippen LogP contribution in [-0.4, -0.2) is 68.6 Å². The largest absolute Gasteiger partial charge is 0.365 e. The summed E-state index contributed by atoms with van der Waals surface area (Å²) in [6.45, 7) is 4.84. The van der Waals surface area contributed by atoms with E-state index in [0.717, 1.165) is 17.7 Å². The number of nitrogens with one attached hydrogen (secondary N) is 4. The van der Waals surface area contributed by atoms with E-state index in [2.05, 4.69) is 48.5 Å². The first-order valence-corrected chi connectivity index (χ1v) is 12.3. The van der Waals surface area contributed by atoms with Crippen LogP contribution in [0, 0.1) is 6.92 Å². The number of ether oxygens (including phenoxy) is 1. The number of rotatable bonds is 9. The topological polar surface area (TPSA) is 134 Å². The molecule has 3 aromatic rings. The number of hydrogen-bond acceptors (Lipinski definition) is 10. The van der Waals surface area contributed by atoms with Gasteiger partial charge in [-0.2, -0.15) is 10.1 Å². The van der Waals surface area contributed by atoms with Gasteiger partial charge in [-0.1, -0.05) is 6.07 Å². The number of hydrazine groups is 1. The maximum atomic E-state index is 13.0. The number of hydrogen-bond donors (Lipinski definition) is 4. The van der Waals surface area contributed by atoms with Crippen molar-refractivity contribution in [2.24, 2.45) is 0 Å². The average molecular weight is 529 g/mol. The van der Waals surface area contributed by atoms with E-state index in [1.807, 2.05) is 17.9 Å². The van der Waals surface area contributed by atoms with E-state index < -0.39 is 12.0 Å². The van der Waals surface area contributed by atoms with Crippen molar-refractivity contribution in [2.75, 3.05) is 30.4 Å². The summed E-state index contributed by atoms with van der Waals surface area (Å²) < 4.78 is 32.5. The number of carbonyl (C=O) groups is 1. The monoisotopic (exact) mass is 528 g/mol. The fourth-order valence-electron chi connectivity index (χ4n) is 4.42. The highest BCUT2D eigenvalue weighted by Gasteiger charge is 2.51. The van der Waals surface area contributed by atoms with Crippen LogP contribution >= 0.6 is 0 Å². The fraction of sp³-hybridized carbons (Fsp3) is 0.458. The van der Waals surface area contributed by atoms with Crippen molar-refractivity contribution in [3.8, 4) is 5.82 Å². The third-order valence-corrected chi connectivity index (χ3v) is 6.57. The molecular formula is C24H30F2N10O2. The van der Waals surface area contributed by atoms with Gasteiger partial charge in [-0.05, 0) is 38.0 Å². The molecule has 0 saturated carbocycles. The van der Waals surface area contributed by atoms with Crippen LogP contribution in [0.5, 0.6) is 0 Å². The molecule has 0 spiro atoms. The number of anilines is 2. The Hall–Kier alpha value is -3.75. The molecule has 0 aliphatic carbocycles. The first-order valence-electron chi connectivity index (χ1n) is 12.3. The van der Waals surface area contributed by atoms with Crippen LogP contribution in [0.3, 0.4) is 0 Å². The van der Waals surface area contributed by atoms with Gasteiger partial charge in [0.05, 0.1) is 19.3 Å². The molecule has 14 heteroatoms. The van der Waals surface area contributed by atoms with Crippen molar-refractivity contribution >= 4 is 17.7 Å². The van der Waals surface area contributed by atoms with Crippen molar-refractivity contribution in [3.05, 3.63) is 53.6 Å². The zero-order valence-electron chi connectivity index (χ0n) is 21.3. The van der Waals surface area contributed by atoms with Gasteiger partial charge in [0, 0.05) is 43.9 Å². The van der Waals surface area contributed by atoms with Crippen molar-refractivity contribution in [2.45, 2.75) is 51.0 Å². The third-order valence-electron chi connectivity index (χ3n) is 6.57. The first kappa shape index (κ1) is 25.9. The molecule has 3 aromatic heterocycles. The Morgan fingerprint density at radius 2 is 2.08 bits per heavy atom. The van der Waals surface area contributed by atoms with Crippen LogP contribution in [0.4, 0.5) is 20.5 Å². The van der Waals surface area contributed by atoms with E-state index >= 15 is 0 Å². The summed E-state index contributed by atoms with van der Waals surface area (Å²) in [4.78, 5) is 28.4. The number of alkyl halides is 2. The minimum Gasteiger partial charge on any atom is -0.365 e. The minimum atomic E-state index is -2.65. The van der Waals surface area contributed by atoms with Crippen LogP contribution in [0.2, 0.25) is 0 Å². The average Bonchev–Trinajstić information content (AvgIpc) is 3.52. The van der Waals surface area contributed by atoms with E-state index in [1.165, 1.54) is 24.1 Å². The molecule has 202 valence electrons. The molecule has 1 amide bonds. The number of aromatic nitrogens is 5. The summed E-state index contributed by atoms with van der Waals surface area (Å²) >= 11 is 0. The Balaban J connectivity index is 1.17. The molecule has 2 fully saturated rings. The maximum absolute atomic E-state index is 13.0. The molecule has 2 atom stereocenters. The lowest BCUT2D eigenvalue weighted by molar-refractivity contribution is -0.146. The van der Waals surface area contributed by atoms with E-state index in [4.69, 9.17) is 4.74 Å². The number of nitrogens with zero attached hydrogens (tertiary/aromatic N) is 6. The van der Waals surface area contributed by atoms with Crippen molar-refractivity contribution < 1.29 is 18.3 Å². The normalized spacial score (nSPS) is 20.4. The molecule has 2 aliphatic rings. The lowest BCUT2D eigenvalue weighted by Gasteiger charge is -2.47. The molecule has 2 aliphatic heterocycles. The molecular weight excluding hydrogens is 498 g/mol. The van der Waals surface area contributed by atoms with Crippen molar-refractivity contribution in [1.82, 2.24) is 40.9 Å². The van der Waals surface area contributed by atoms with Crippen molar-refractivity contribution in [1.29, 1.82) is 0 Å². The van der Waals surface area contributed by atoms with Gasteiger partial charge in [-0.25, -0.2) is 28.9 Å². The fourth-order valence-corrected chi connectivity index (χ4v) is 4.42. The van der Waals surface area contributed by atoms with Gasteiger partial charge in [0.25, 0.3) is 12.3 Å². The molecule has 4 N–H and O–H groups in total. The summed E-state index contributed by atoms with van der Waals surface area (Å²) in [5.74, 6) is 1.38. The molecule has 0 aromatic carbocycles. The molecule has 12 nitrogen and oxygen atoms in total. The molecule has 2 saturated heterocycles. The molecule has 2 unspecified atom stereocenters. The predicted molar refractivity (Wildman–Crippen MR) is 135 cm³/mol. The number of methoxy groups -OCH3 is 1. The number of carbonyl (C=O) groups excluding carboxylic acids is 1.